The lowest BCUT2D eigenvalue weighted by Gasteiger charge is -2.34. The first-order chi connectivity index (χ1) is 11.4. The Morgan fingerprint density at radius 3 is 2.71 bits per heavy atom. The molecule has 1 atom stereocenters. The number of nitrogens with one attached hydrogen (secondary N) is 1. The third-order valence-electron chi connectivity index (χ3n) is 4.09. The second-order valence-corrected chi connectivity index (χ2v) is 5.82. The predicted molar refractivity (Wildman–Crippen MR) is 86.0 cm³/mol. The topological polar surface area (TPSA) is 86.7 Å². The first-order valence-corrected chi connectivity index (χ1v) is 8.03. The highest BCUT2D eigenvalue weighted by Crippen LogP contribution is 2.21. The maximum atomic E-state index is 13.9. The highest BCUT2D eigenvalue weighted by atomic mass is 19.1. The SMILES string of the molecule is CCC(=O)N1CCCCC1C(=O)Nc1ccc(CC(=O)O)c(F)c1. The van der Waals surface area contributed by atoms with Gasteiger partial charge in [0.2, 0.25) is 11.8 Å². The van der Waals surface area contributed by atoms with Crippen molar-refractivity contribution >= 4 is 23.5 Å². The van der Waals surface area contributed by atoms with Crippen LogP contribution in [0, 0.1) is 5.82 Å². The number of rotatable bonds is 5. The average Bonchev–Trinajstić information content (AvgIpc) is 2.56. The molecule has 1 aliphatic heterocycles. The van der Waals surface area contributed by atoms with Crippen molar-refractivity contribution in [2.75, 3.05) is 11.9 Å². The van der Waals surface area contributed by atoms with Crippen molar-refractivity contribution in [3.63, 3.8) is 0 Å². The first-order valence-electron chi connectivity index (χ1n) is 8.03. The molecular weight excluding hydrogens is 315 g/mol. The van der Waals surface area contributed by atoms with E-state index in [1.165, 1.54) is 12.1 Å². The van der Waals surface area contributed by atoms with Crippen molar-refractivity contribution in [3.8, 4) is 0 Å². The van der Waals surface area contributed by atoms with Crippen molar-refractivity contribution in [2.45, 2.75) is 45.1 Å². The summed E-state index contributed by atoms with van der Waals surface area (Å²) < 4.78 is 13.9. The monoisotopic (exact) mass is 336 g/mol. The Bertz CT molecular complexity index is 647. The number of amides is 2. The number of hydrogen-bond acceptors (Lipinski definition) is 3. The van der Waals surface area contributed by atoms with Crippen LogP contribution in [-0.2, 0) is 20.8 Å². The van der Waals surface area contributed by atoms with Crippen molar-refractivity contribution in [3.05, 3.63) is 29.6 Å². The molecule has 2 N–H and O–H groups in total. The lowest BCUT2D eigenvalue weighted by molar-refractivity contribution is -0.140. The third kappa shape index (κ3) is 4.31. The maximum Gasteiger partial charge on any atom is 0.307 e. The normalized spacial score (nSPS) is 17.4. The summed E-state index contributed by atoms with van der Waals surface area (Å²) in [6, 6.07) is 3.36. The molecule has 24 heavy (non-hydrogen) atoms. The zero-order valence-electron chi connectivity index (χ0n) is 13.5. The first kappa shape index (κ1) is 17.9. The standard InChI is InChI=1S/C17H21FN2O4/c1-2-15(21)20-8-4-3-5-14(20)17(24)19-12-7-6-11(9-16(22)23)13(18)10-12/h6-7,10,14H,2-5,8-9H2,1H3,(H,19,24)(H,22,23). The summed E-state index contributed by atoms with van der Waals surface area (Å²) in [6.07, 6.45) is 2.23. The maximum absolute atomic E-state index is 13.9. The summed E-state index contributed by atoms with van der Waals surface area (Å²) in [5.41, 5.74) is 0.307. The van der Waals surface area contributed by atoms with E-state index in [2.05, 4.69) is 5.32 Å². The molecule has 0 spiro atoms. The fraction of sp³-hybridized carbons (Fsp3) is 0.471. The van der Waals surface area contributed by atoms with Crippen molar-refractivity contribution in [1.82, 2.24) is 4.90 Å². The highest BCUT2D eigenvalue weighted by Gasteiger charge is 2.31. The van der Waals surface area contributed by atoms with E-state index in [0.29, 0.717) is 19.4 Å². The summed E-state index contributed by atoms with van der Waals surface area (Å²) in [7, 11) is 0. The van der Waals surface area contributed by atoms with E-state index in [1.54, 1.807) is 11.8 Å². The third-order valence-corrected chi connectivity index (χ3v) is 4.09. The zero-order valence-corrected chi connectivity index (χ0v) is 13.5. The molecule has 0 radical (unpaired) electrons. The van der Waals surface area contributed by atoms with Crippen LogP contribution >= 0.6 is 0 Å². The van der Waals surface area contributed by atoms with Crippen molar-refractivity contribution in [2.24, 2.45) is 0 Å². The van der Waals surface area contributed by atoms with Gasteiger partial charge in [-0.3, -0.25) is 14.4 Å². The van der Waals surface area contributed by atoms with Gasteiger partial charge in [0.1, 0.15) is 11.9 Å². The average molecular weight is 336 g/mol. The number of carboxylic acids is 1. The Morgan fingerprint density at radius 2 is 2.08 bits per heavy atom. The number of carbonyl (C=O) groups excluding carboxylic acids is 2. The summed E-state index contributed by atoms with van der Waals surface area (Å²) >= 11 is 0. The number of aliphatic carboxylic acids is 1. The Morgan fingerprint density at radius 1 is 1.33 bits per heavy atom. The molecule has 2 amide bonds. The highest BCUT2D eigenvalue weighted by molar-refractivity contribution is 5.97. The minimum absolute atomic E-state index is 0.0564. The van der Waals surface area contributed by atoms with Gasteiger partial charge in [0, 0.05) is 18.7 Å². The molecule has 130 valence electrons. The number of benzene rings is 1. The van der Waals surface area contributed by atoms with Crippen LogP contribution in [0.2, 0.25) is 0 Å². The Labute approximate surface area is 139 Å². The van der Waals surface area contributed by atoms with Crippen LogP contribution in [0.5, 0.6) is 0 Å². The van der Waals surface area contributed by atoms with Gasteiger partial charge >= 0.3 is 5.97 Å². The zero-order chi connectivity index (χ0) is 17.7. The molecule has 1 heterocycles. The molecule has 1 aromatic carbocycles. The number of carboxylic acid groups (broad SMARTS) is 1. The van der Waals surface area contributed by atoms with E-state index >= 15 is 0 Å². The molecule has 0 saturated carbocycles. The molecule has 0 aliphatic carbocycles. The second kappa shape index (κ2) is 7.90. The Hall–Kier alpha value is -2.44. The van der Waals surface area contributed by atoms with Gasteiger partial charge in [-0.2, -0.15) is 0 Å². The molecule has 1 fully saturated rings. The predicted octanol–water partition coefficient (Wildman–Crippen LogP) is 2.18. The van der Waals surface area contributed by atoms with Crippen LogP contribution in [0.3, 0.4) is 0 Å². The van der Waals surface area contributed by atoms with E-state index in [9.17, 15) is 18.8 Å². The fourth-order valence-electron chi connectivity index (χ4n) is 2.86. The molecule has 0 aromatic heterocycles. The molecule has 1 aliphatic rings. The van der Waals surface area contributed by atoms with Gasteiger partial charge in [0.05, 0.1) is 6.42 Å². The van der Waals surface area contributed by atoms with Crippen molar-refractivity contribution < 1.29 is 23.9 Å². The van der Waals surface area contributed by atoms with Gasteiger partial charge in [0.15, 0.2) is 0 Å². The van der Waals surface area contributed by atoms with E-state index in [-0.39, 0.29) is 23.1 Å². The van der Waals surface area contributed by atoms with Crippen LogP contribution < -0.4 is 5.32 Å². The number of piperidine rings is 1. The van der Waals surface area contributed by atoms with Gasteiger partial charge in [0.25, 0.3) is 0 Å². The van der Waals surface area contributed by atoms with Gasteiger partial charge in [-0.15, -0.1) is 0 Å². The lowest BCUT2D eigenvalue weighted by Crippen LogP contribution is -2.49. The van der Waals surface area contributed by atoms with Gasteiger partial charge < -0.3 is 15.3 Å². The Balaban J connectivity index is 2.09. The number of anilines is 1. The largest absolute Gasteiger partial charge is 0.481 e. The van der Waals surface area contributed by atoms with E-state index in [1.807, 2.05) is 0 Å². The van der Waals surface area contributed by atoms with Gasteiger partial charge in [-0.1, -0.05) is 13.0 Å². The summed E-state index contributed by atoms with van der Waals surface area (Å²) in [6.45, 7) is 2.30. The number of hydrogen-bond donors (Lipinski definition) is 2. The number of halogens is 1. The quantitative estimate of drug-likeness (QED) is 0.863. The number of carbonyl (C=O) groups is 3. The van der Waals surface area contributed by atoms with Crippen LogP contribution in [0.15, 0.2) is 18.2 Å². The van der Waals surface area contributed by atoms with Gasteiger partial charge in [-0.25, -0.2) is 4.39 Å². The number of likely N-dealkylation sites (tertiary alicyclic amines) is 1. The lowest BCUT2D eigenvalue weighted by atomic mass is 10.0. The van der Waals surface area contributed by atoms with E-state index in [4.69, 9.17) is 5.11 Å². The summed E-state index contributed by atoms with van der Waals surface area (Å²) in [5, 5.41) is 11.3. The molecule has 2 rings (SSSR count). The van der Waals surface area contributed by atoms with Crippen LogP contribution in [0.25, 0.3) is 0 Å². The molecule has 1 aromatic rings. The molecule has 0 bridgehead atoms. The van der Waals surface area contributed by atoms with E-state index < -0.39 is 24.2 Å². The minimum Gasteiger partial charge on any atom is -0.481 e. The van der Waals surface area contributed by atoms with Crippen LogP contribution in [0.1, 0.15) is 38.2 Å². The molecule has 6 nitrogen and oxygen atoms in total. The summed E-state index contributed by atoms with van der Waals surface area (Å²) in [4.78, 5) is 36.6. The number of nitrogens with zero attached hydrogens (tertiary/aromatic N) is 1. The molecule has 7 heteroatoms. The van der Waals surface area contributed by atoms with E-state index in [0.717, 1.165) is 18.9 Å². The van der Waals surface area contributed by atoms with Crippen LogP contribution in [0.4, 0.5) is 10.1 Å². The Kier molecular flexibility index (Phi) is 5.89. The second-order valence-electron chi connectivity index (χ2n) is 5.82. The smallest absolute Gasteiger partial charge is 0.307 e. The van der Waals surface area contributed by atoms with Crippen LogP contribution in [-0.4, -0.2) is 40.4 Å². The molecule has 1 saturated heterocycles. The summed E-state index contributed by atoms with van der Waals surface area (Å²) in [5.74, 6) is -2.22. The molecule has 1 unspecified atom stereocenters. The fourth-order valence-corrected chi connectivity index (χ4v) is 2.86. The van der Waals surface area contributed by atoms with Gasteiger partial charge in [-0.05, 0) is 37.0 Å². The minimum atomic E-state index is -1.12. The van der Waals surface area contributed by atoms with Crippen molar-refractivity contribution in [1.29, 1.82) is 0 Å². The molecular formula is C17H21FN2O4.